The zero-order valence-corrected chi connectivity index (χ0v) is 43.0. The van der Waals surface area contributed by atoms with E-state index >= 15 is 0 Å². The summed E-state index contributed by atoms with van der Waals surface area (Å²) in [6.07, 6.45) is 0. The van der Waals surface area contributed by atoms with E-state index in [4.69, 9.17) is 4.42 Å². The molecule has 0 amide bonds. The number of thiophene rings is 1. The van der Waals surface area contributed by atoms with Crippen molar-refractivity contribution in [2.24, 2.45) is 0 Å². The third-order valence-electron chi connectivity index (χ3n) is 15.6. The van der Waals surface area contributed by atoms with Crippen LogP contribution in [-0.2, 0) is 21.7 Å². The van der Waals surface area contributed by atoms with E-state index in [0.717, 1.165) is 67.2 Å². The van der Waals surface area contributed by atoms with Gasteiger partial charge in [-0.05, 0) is 127 Å². The summed E-state index contributed by atoms with van der Waals surface area (Å²) in [5.74, 6) is 0. The highest BCUT2D eigenvalue weighted by atomic mass is 32.1. The van der Waals surface area contributed by atoms with E-state index in [1.165, 1.54) is 65.4 Å². The topological polar surface area (TPSA) is 22.9 Å². The summed E-state index contributed by atoms with van der Waals surface area (Å²) >= 11 is 1.92. The molecule has 8 aromatic carbocycles. The molecule has 3 aliphatic rings. The summed E-state index contributed by atoms with van der Waals surface area (Å²) in [6, 6.07) is 59.9. The van der Waals surface area contributed by atoms with Crippen molar-refractivity contribution in [2.45, 2.75) is 97.8 Å². The van der Waals surface area contributed by atoms with Gasteiger partial charge in [0.25, 0.3) is 0 Å². The van der Waals surface area contributed by atoms with Crippen molar-refractivity contribution in [3.8, 4) is 22.3 Å². The fraction of sp³-hybridized carbons (Fsp3) is 0.231. The van der Waals surface area contributed by atoms with Crippen molar-refractivity contribution in [3.63, 3.8) is 0 Å². The molecule has 5 heteroatoms. The SMILES string of the molecule is CC(C)(C)c1ccc(N2c3ccc(C(C)(C)C)cc3N3c4sc5cc6c(cc5c4N(c4ccc(C(C)(C)C)cc4)c4cc(-c5cccc7c5oc5ccccc57)cc2c43)-c2ccccc2C6(C)C)cc1. The van der Waals surface area contributed by atoms with Crippen LogP contribution in [0.3, 0.4) is 0 Å². The van der Waals surface area contributed by atoms with Crippen LogP contribution in [0.5, 0.6) is 0 Å². The van der Waals surface area contributed by atoms with Crippen molar-refractivity contribution in [3.05, 3.63) is 186 Å². The van der Waals surface area contributed by atoms with E-state index in [-0.39, 0.29) is 21.7 Å². The van der Waals surface area contributed by atoms with Gasteiger partial charge in [-0.2, -0.15) is 0 Å². The van der Waals surface area contributed by atoms with Gasteiger partial charge >= 0.3 is 0 Å². The Labute approximate surface area is 416 Å². The first-order valence-corrected chi connectivity index (χ1v) is 25.7. The lowest BCUT2D eigenvalue weighted by molar-refractivity contribution is 0.590. The van der Waals surface area contributed by atoms with Crippen LogP contribution in [-0.4, -0.2) is 0 Å². The van der Waals surface area contributed by atoms with Gasteiger partial charge in [-0.15, -0.1) is 11.3 Å². The summed E-state index contributed by atoms with van der Waals surface area (Å²) in [5.41, 5.74) is 22.3. The quantitative estimate of drug-likeness (QED) is 0.176. The zero-order valence-electron chi connectivity index (χ0n) is 42.2. The van der Waals surface area contributed by atoms with Crippen molar-refractivity contribution in [2.75, 3.05) is 14.7 Å². The maximum absolute atomic E-state index is 6.86. The van der Waals surface area contributed by atoms with Crippen LogP contribution < -0.4 is 14.7 Å². The average molecular weight is 930 g/mol. The number of para-hydroxylation sites is 2. The predicted molar refractivity (Wildman–Crippen MR) is 299 cm³/mol. The highest BCUT2D eigenvalue weighted by Crippen LogP contribution is 2.68. The standard InChI is InChI=1S/C65H59N3OS/c1-62(2,3)39-23-28-42(29-24-39)66-52-32-27-41(64(7,8)9)35-53(52)68-59-54(66)33-38(44-19-16-20-47-46-18-13-15-22-56(46)69-60(44)47)34-55(59)67(43-30-25-40(26-31-43)63(4,5)6)58-49-36-48-45-17-12-14-21-50(45)65(10,11)51(48)37-57(49)70-61(58)68/h12-37H,1-11H3. The fourth-order valence-corrected chi connectivity index (χ4v) is 12.9. The van der Waals surface area contributed by atoms with Crippen LogP contribution >= 0.6 is 11.3 Å². The van der Waals surface area contributed by atoms with E-state index in [9.17, 15) is 0 Å². The summed E-state index contributed by atoms with van der Waals surface area (Å²) in [5, 5.41) is 4.73. The maximum Gasteiger partial charge on any atom is 0.143 e. The number of hydrogen-bond acceptors (Lipinski definition) is 5. The minimum atomic E-state index is -0.127. The van der Waals surface area contributed by atoms with Crippen molar-refractivity contribution >= 4 is 93.9 Å². The second kappa shape index (κ2) is 14.5. The number of furan rings is 1. The normalized spacial score (nSPS) is 14.8. The van der Waals surface area contributed by atoms with Crippen LogP contribution in [0, 0.1) is 0 Å². The molecule has 0 spiro atoms. The van der Waals surface area contributed by atoms with Crippen molar-refractivity contribution in [1.29, 1.82) is 0 Å². The summed E-state index contributed by atoms with van der Waals surface area (Å²) in [4.78, 5) is 7.75. The molecule has 0 radical (unpaired) electrons. The lowest BCUT2D eigenvalue weighted by Gasteiger charge is -2.46. The van der Waals surface area contributed by atoms with Gasteiger partial charge in [0.2, 0.25) is 0 Å². The fourth-order valence-electron chi connectivity index (χ4n) is 11.6. The van der Waals surface area contributed by atoms with Crippen LogP contribution in [0.25, 0.3) is 54.3 Å². The molecule has 4 heterocycles. The van der Waals surface area contributed by atoms with Gasteiger partial charge in [-0.25, -0.2) is 0 Å². The first-order valence-electron chi connectivity index (χ1n) is 24.9. The average Bonchev–Trinajstić information content (AvgIpc) is 3.97. The molecule has 346 valence electrons. The zero-order chi connectivity index (χ0) is 48.4. The monoisotopic (exact) mass is 929 g/mol. The molecule has 13 rings (SSSR count). The van der Waals surface area contributed by atoms with Crippen LogP contribution in [0.2, 0.25) is 0 Å². The molecule has 1 aliphatic carbocycles. The second-order valence-electron chi connectivity index (χ2n) is 23.5. The van der Waals surface area contributed by atoms with Crippen molar-refractivity contribution < 1.29 is 4.42 Å². The maximum atomic E-state index is 6.86. The van der Waals surface area contributed by atoms with Crippen molar-refractivity contribution in [1.82, 2.24) is 0 Å². The predicted octanol–water partition coefficient (Wildman–Crippen LogP) is 19.7. The first kappa shape index (κ1) is 43.0. The molecule has 0 bridgehead atoms. The number of rotatable bonds is 3. The lowest BCUT2D eigenvalue weighted by atomic mass is 9.82. The van der Waals surface area contributed by atoms with E-state index < -0.39 is 0 Å². The molecule has 0 saturated carbocycles. The summed E-state index contributed by atoms with van der Waals surface area (Å²) in [7, 11) is 0. The molecule has 0 fully saturated rings. The van der Waals surface area contributed by atoms with Gasteiger partial charge in [-0.3, -0.25) is 4.90 Å². The summed E-state index contributed by atoms with van der Waals surface area (Å²) < 4.78 is 8.15. The van der Waals surface area contributed by atoms with Gasteiger partial charge in [0.05, 0.1) is 34.1 Å². The van der Waals surface area contributed by atoms with Crippen LogP contribution in [0.1, 0.15) is 104 Å². The molecule has 10 aromatic rings. The molecule has 2 aliphatic heterocycles. The largest absolute Gasteiger partial charge is 0.455 e. The second-order valence-corrected chi connectivity index (χ2v) is 24.5. The number of benzene rings is 8. The van der Waals surface area contributed by atoms with Gasteiger partial charge in [0, 0.05) is 43.2 Å². The Hall–Kier alpha value is -7.08. The van der Waals surface area contributed by atoms with Gasteiger partial charge < -0.3 is 14.2 Å². The molecule has 0 N–H and O–H groups in total. The highest BCUT2D eigenvalue weighted by Gasteiger charge is 2.44. The molecule has 2 aromatic heterocycles. The van der Waals surface area contributed by atoms with Crippen LogP contribution in [0.4, 0.5) is 50.5 Å². The Kier molecular flexibility index (Phi) is 8.90. The third-order valence-corrected chi connectivity index (χ3v) is 16.7. The summed E-state index contributed by atoms with van der Waals surface area (Å²) in [6.45, 7) is 25.6. The Morgan fingerprint density at radius 3 is 1.70 bits per heavy atom. The molecular formula is C65H59N3OS. The van der Waals surface area contributed by atoms with Gasteiger partial charge in [-0.1, -0.05) is 167 Å². The van der Waals surface area contributed by atoms with Crippen LogP contribution in [0.15, 0.2) is 162 Å². The number of nitrogens with zero attached hydrogens (tertiary/aromatic N) is 3. The Morgan fingerprint density at radius 1 is 0.429 bits per heavy atom. The number of hydrogen-bond donors (Lipinski definition) is 0. The molecule has 0 atom stereocenters. The lowest BCUT2D eigenvalue weighted by Crippen LogP contribution is -2.30. The van der Waals surface area contributed by atoms with E-state index in [1.54, 1.807) is 0 Å². The molecule has 0 unspecified atom stereocenters. The molecule has 4 nitrogen and oxygen atoms in total. The molecule has 70 heavy (non-hydrogen) atoms. The Balaban J connectivity index is 1.17. The Bertz CT molecular complexity index is 3810. The minimum absolute atomic E-state index is 0.0000714. The molecular weight excluding hydrogens is 871 g/mol. The van der Waals surface area contributed by atoms with Gasteiger partial charge in [0.1, 0.15) is 16.2 Å². The third kappa shape index (κ3) is 6.19. The van der Waals surface area contributed by atoms with E-state index in [0.29, 0.717) is 0 Å². The Morgan fingerprint density at radius 2 is 1.01 bits per heavy atom. The van der Waals surface area contributed by atoms with E-state index in [2.05, 4.69) is 249 Å². The van der Waals surface area contributed by atoms with E-state index in [1.807, 2.05) is 11.3 Å². The minimum Gasteiger partial charge on any atom is -0.455 e. The van der Waals surface area contributed by atoms with Gasteiger partial charge in [0.15, 0.2) is 0 Å². The number of fused-ring (bicyclic) bond motifs is 12. The smallest absolute Gasteiger partial charge is 0.143 e. The highest BCUT2D eigenvalue weighted by molar-refractivity contribution is 7.24. The first-order chi connectivity index (χ1) is 33.4. The number of anilines is 9. The molecule has 0 saturated heterocycles.